The third kappa shape index (κ3) is 3.15. The van der Waals surface area contributed by atoms with Crippen molar-refractivity contribution in [2.75, 3.05) is 13.1 Å². The van der Waals surface area contributed by atoms with E-state index in [9.17, 15) is 4.79 Å². The van der Waals surface area contributed by atoms with Crippen molar-refractivity contribution in [3.63, 3.8) is 0 Å². The Morgan fingerprint density at radius 1 is 1.56 bits per heavy atom. The van der Waals surface area contributed by atoms with Gasteiger partial charge in [-0.1, -0.05) is 0 Å². The molecule has 86 valence electrons. The second-order valence-corrected chi connectivity index (χ2v) is 4.96. The quantitative estimate of drug-likeness (QED) is 0.813. The minimum atomic E-state index is -0.922. The lowest BCUT2D eigenvalue weighted by atomic mass is 10.4. The zero-order valence-corrected chi connectivity index (χ0v) is 9.74. The summed E-state index contributed by atoms with van der Waals surface area (Å²) in [7, 11) is 0. The second kappa shape index (κ2) is 5.23. The van der Waals surface area contributed by atoms with Crippen LogP contribution in [0.2, 0.25) is 0 Å². The molecule has 0 saturated carbocycles. The summed E-state index contributed by atoms with van der Waals surface area (Å²) in [4.78, 5) is 17.9. The van der Waals surface area contributed by atoms with Crippen molar-refractivity contribution in [2.24, 2.45) is 0 Å². The topological polar surface area (TPSA) is 53.4 Å². The number of hydrogen-bond acceptors (Lipinski definition) is 4. The highest BCUT2D eigenvalue weighted by atomic mass is 32.1. The van der Waals surface area contributed by atoms with Gasteiger partial charge in [-0.25, -0.2) is 9.78 Å². The molecule has 1 aliphatic rings. The van der Waals surface area contributed by atoms with E-state index in [1.807, 2.05) is 0 Å². The van der Waals surface area contributed by atoms with E-state index in [4.69, 9.17) is 5.11 Å². The summed E-state index contributed by atoms with van der Waals surface area (Å²) in [6.45, 7) is 3.20. The first-order chi connectivity index (χ1) is 7.74. The molecule has 4 nitrogen and oxygen atoms in total. The van der Waals surface area contributed by atoms with Gasteiger partial charge in [0.05, 0.1) is 6.54 Å². The van der Waals surface area contributed by atoms with E-state index >= 15 is 0 Å². The molecular weight excluding hydrogens is 224 g/mol. The summed E-state index contributed by atoms with van der Waals surface area (Å²) in [5, 5.41) is 9.56. The van der Waals surface area contributed by atoms with Crippen LogP contribution < -0.4 is 0 Å². The van der Waals surface area contributed by atoms with Crippen LogP contribution in [-0.2, 0) is 11.3 Å². The van der Waals surface area contributed by atoms with E-state index in [1.165, 1.54) is 12.8 Å². The normalized spacial score (nSPS) is 17.2. The van der Waals surface area contributed by atoms with Gasteiger partial charge in [0.25, 0.3) is 0 Å². The Bertz CT molecular complexity index is 394. The predicted octanol–water partition coefficient (Wildman–Crippen LogP) is 1.84. The van der Waals surface area contributed by atoms with Crippen LogP contribution in [0.4, 0.5) is 0 Å². The lowest BCUT2D eigenvalue weighted by Gasteiger charge is -2.11. The highest BCUT2D eigenvalue weighted by Crippen LogP contribution is 2.18. The summed E-state index contributed by atoms with van der Waals surface area (Å²) >= 11 is 1.56. The smallest absolute Gasteiger partial charge is 0.328 e. The fourth-order valence-corrected chi connectivity index (χ4v) is 2.63. The van der Waals surface area contributed by atoms with Gasteiger partial charge in [0.15, 0.2) is 0 Å². The molecule has 1 aromatic heterocycles. The Kier molecular flexibility index (Phi) is 3.69. The highest BCUT2D eigenvalue weighted by molar-refractivity contribution is 7.12. The van der Waals surface area contributed by atoms with Crippen molar-refractivity contribution >= 4 is 23.4 Å². The standard InChI is InChI=1S/C11H14N2O2S/c14-11(15)4-3-9-7-12-10(16-9)8-13-5-1-2-6-13/h3-4,7H,1-2,5-6,8H2,(H,14,15)/b4-3+. The lowest BCUT2D eigenvalue weighted by Crippen LogP contribution is -2.17. The molecule has 0 amide bonds. The Morgan fingerprint density at radius 2 is 2.31 bits per heavy atom. The summed E-state index contributed by atoms with van der Waals surface area (Å²) in [5.41, 5.74) is 0. The van der Waals surface area contributed by atoms with Crippen LogP contribution in [0.5, 0.6) is 0 Å². The van der Waals surface area contributed by atoms with Gasteiger partial charge in [0.1, 0.15) is 5.01 Å². The van der Waals surface area contributed by atoms with Crippen molar-refractivity contribution in [3.05, 3.63) is 22.2 Å². The largest absolute Gasteiger partial charge is 0.478 e. The highest BCUT2D eigenvalue weighted by Gasteiger charge is 2.13. The predicted molar refractivity (Wildman–Crippen MR) is 63.3 cm³/mol. The van der Waals surface area contributed by atoms with Crippen molar-refractivity contribution in [2.45, 2.75) is 19.4 Å². The van der Waals surface area contributed by atoms with Gasteiger partial charge in [0.2, 0.25) is 0 Å². The fourth-order valence-electron chi connectivity index (χ4n) is 1.76. The average Bonchev–Trinajstić information content (AvgIpc) is 2.87. The average molecular weight is 238 g/mol. The molecule has 1 N–H and O–H groups in total. The SMILES string of the molecule is O=C(O)/C=C/c1cnc(CN2CCCC2)s1. The summed E-state index contributed by atoms with van der Waals surface area (Å²) in [6, 6.07) is 0. The van der Waals surface area contributed by atoms with Gasteiger partial charge in [-0.15, -0.1) is 11.3 Å². The number of hydrogen-bond donors (Lipinski definition) is 1. The van der Waals surface area contributed by atoms with Crippen LogP contribution >= 0.6 is 11.3 Å². The van der Waals surface area contributed by atoms with E-state index < -0.39 is 5.97 Å². The molecule has 0 bridgehead atoms. The third-order valence-corrected chi connectivity index (χ3v) is 3.47. The third-order valence-electron chi connectivity index (χ3n) is 2.52. The van der Waals surface area contributed by atoms with Crippen LogP contribution in [0, 0.1) is 0 Å². The number of carboxylic acids is 1. The molecular formula is C11H14N2O2S. The molecule has 0 spiro atoms. The Labute approximate surface area is 98.2 Å². The van der Waals surface area contributed by atoms with Crippen LogP contribution in [0.15, 0.2) is 12.3 Å². The number of rotatable bonds is 4. The molecule has 0 unspecified atom stereocenters. The molecule has 1 saturated heterocycles. The Morgan fingerprint density at radius 3 is 3.00 bits per heavy atom. The first kappa shape index (κ1) is 11.3. The first-order valence-corrected chi connectivity index (χ1v) is 6.14. The molecule has 2 rings (SSSR count). The first-order valence-electron chi connectivity index (χ1n) is 5.32. The number of aromatic nitrogens is 1. The zero-order chi connectivity index (χ0) is 11.4. The van der Waals surface area contributed by atoms with Gasteiger partial charge in [-0.05, 0) is 32.0 Å². The van der Waals surface area contributed by atoms with Gasteiger partial charge >= 0.3 is 5.97 Å². The van der Waals surface area contributed by atoms with Crippen molar-refractivity contribution in [3.8, 4) is 0 Å². The number of carboxylic acid groups (broad SMARTS) is 1. The molecule has 0 aromatic carbocycles. The van der Waals surface area contributed by atoms with Gasteiger partial charge in [-0.2, -0.15) is 0 Å². The van der Waals surface area contributed by atoms with Crippen molar-refractivity contribution in [1.29, 1.82) is 0 Å². The van der Waals surface area contributed by atoms with Crippen LogP contribution in [0.3, 0.4) is 0 Å². The van der Waals surface area contributed by atoms with Gasteiger partial charge in [0, 0.05) is 17.2 Å². The molecule has 0 aliphatic carbocycles. The maximum atomic E-state index is 10.3. The molecule has 1 aromatic rings. The Balaban J connectivity index is 1.93. The molecule has 0 radical (unpaired) electrons. The number of thiazole rings is 1. The van der Waals surface area contributed by atoms with Crippen LogP contribution in [0.25, 0.3) is 6.08 Å². The number of nitrogens with zero attached hydrogens (tertiary/aromatic N) is 2. The minimum Gasteiger partial charge on any atom is -0.478 e. The Hall–Kier alpha value is -1.20. The van der Waals surface area contributed by atoms with E-state index in [0.717, 1.165) is 35.6 Å². The summed E-state index contributed by atoms with van der Waals surface area (Å²) < 4.78 is 0. The summed E-state index contributed by atoms with van der Waals surface area (Å²) in [5.74, 6) is -0.922. The molecule has 0 atom stereocenters. The molecule has 1 fully saturated rings. The lowest BCUT2D eigenvalue weighted by molar-refractivity contribution is -0.131. The van der Waals surface area contributed by atoms with Crippen molar-refractivity contribution < 1.29 is 9.90 Å². The van der Waals surface area contributed by atoms with E-state index in [1.54, 1.807) is 23.6 Å². The van der Waals surface area contributed by atoms with Crippen LogP contribution in [-0.4, -0.2) is 34.0 Å². The van der Waals surface area contributed by atoms with Crippen LogP contribution in [0.1, 0.15) is 22.7 Å². The van der Waals surface area contributed by atoms with Gasteiger partial charge < -0.3 is 5.11 Å². The van der Waals surface area contributed by atoms with E-state index in [-0.39, 0.29) is 0 Å². The second-order valence-electron chi connectivity index (χ2n) is 3.81. The molecule has 5 heteroatoms. The minimum absolute atomic E-state index is 0.894. The number of carbonyl (C=O) groups is 1. The maximum absolute atomic E-state index is 10.3. The maximum Gasteiger partial charge on any atom is 0.328 e. The monoisotopic (exact) mass is 238 g/mol. The molecule has 16 heavy (non-hydrogen) atoms. The fraction of sp³-hybridized carbons (Fsp3) is 0.455. The van der Waals surface area contributed by atoms with E-state index in [2.05, 4.69) is 9.88 Å². The van der Waals surface area contributed by atoms with E-state index in [0.29, 0.717) is 0 Å². The number of likely N-dealkylation sites (tertiary alicyclic amines) is 1. The van der Waals surface area contributed by atoms with Gasteiger partial charge in [-0.3, -0.25) is 4.90 Å². The van der Waals surface area contributed by atoms with Crippen molar-refractivity contribution in [1.82, 2.24) is 9.88 Å². The molecule has 2 heterocycles. The summed E-state index contributed by atoms with van der Waals surface area (Å²) in [6.07, 6.45) is 7.02. The number of aliphatic carboxylic acids is 1. The zero-order valence-electron chi connectivity index (χ0n) is 8.93. The molecule has 1 aliphatic heterocycles.